The number of carbonyl (C=O) groups excluding carboxylic acids is 1. The molecule has 1 aromatic carbocycles. The molecule has 0 saturated heterocycles. The largest absolute Gasteiger partial charge is 0.321 e. The first kappa shape index (κ1) is 16.3. The molecule has 0 aliphatic carbocycles. The fourth-order valence-electron chi connectivity index (χ4n) is 2.61. The van der Waals surface area contributed by atoms with Crippen LogP contribution in [0.4, 0.5) is 5.69 Å². The average molecular weight is 344 g/mol. The molecule has 1 amide bonds. The van der Waals surface area contributed by atoms with Crippen LogP contribution in [0.1, 0.15) is 27.4 Å². The van der Waals surface area contributed by atoms with Gasteiger partial charge < -0.3 is 5.32 Å². The molecular formula is C17H18ClN5O. The molecule has 0 aliphatic heterocycles. The molecule has 24 heavy (non-hydrogen) atoms. The van der Waals surface area contributed by atoms with Gasteiger partial charge in [0.25, 0.3) is 5.91 Å². The Labute approximate surface area is 145 Å². The van der Waals surface area contributed by atoms with Crippen LogP contribution in [0.5, 0.6) is 0 Å². The SMILES string of the molecule is Cc1cc(C)n(Cc2cccc(NC(=O)c3c(Cl)cnn3C)c2)n1. The summed E-state index contributed by atoms with van der Waals surface area (Å²) in [5.74, 6) is -0.289. The number of hydrogen-bond donors (Lipinski definition) is 1. The fourth-order valence-corrected chi connectivity index (χ4v) is 2.86. The van der Waals surface area contributed by atoms with Gasteiger partial charge >= 0.3 is 0 Å². The van der Waals surface area contributed by atoms with Crippen molar-refractivity contribution in [3.05, 3.63) is 64.2 Å². The van der Waals surface area contributed by atoms with Gasteiger partial charge in [-0.05, 0) is 37.6 Å². The highest BCUT2D eigenvalue weighted by Gasteiger charge is 2.15. The zero-order valence-corrected chi connectivity index (χ0v) is 14.5. The lowest BCUT2D eigenvalue weighted by molar-refractivity contribution is 0.101. The van der Waals surface area contributed by atoms with Crippen molar-refractivity contribution < 1.29 is 4.79 Å². The van der Waals surface area contributed by atoms with Gasteiger partial charge in [-0.25, -0.2) is 0 Å². The maximum atomic E-state index is 12.4. The highest BCUT2D eigenvalue weighted by Crippen LogP contribution is 2.18. The topological polar surface area (TPSA) is 64.7 Å². The summed E-state index contributed by atoms with van der Waals surface area (Å²) in [5, 5.41) is 11.6. The molecule has 0 saturated carbocycles. The molecule has 2 heterocycles. The molecular weight excluding hydrogens is 326 g/mol. The van der Waals surface area contributed by atoms with Crippen LogP contribution in [0.25, 0.3) is 0 Å². The van der Waals surface area contributed by atoms with Crippen molar-refractivity contribution in [1.82, 2.24) is 19.6 Å². The summed E-state index contributed by atoms with van der Waals surface area (Å²) >= 11 is 6.01. The minimum Gasteiger partial charge on any atom is -0.321 e. The number of hydrogen-bond acceptors (Lipinski definition) is 3. The zero-order chi connectivity index (χ0) is 17.3. The monoisotopic (exact) mass is 343 g/mol. The number of aromatic nitrogens is 4. The van der Waals surface area contributed by atoms with E-state index in [2.05, 4.69) is 15.5 Å². The van der Waals surface area contributed by atoms with Crippen molar-refractivity contribution in [2.75, 3.05) is 5.32 Å². The molecule has 0 bridgehead atoms. The highest BCUT2D eigenvalue weighted by molar-refractivity contribution is 6.34. The summed E-state index contributed by atoms with van der Waals surface area (Å²) in [5.41, 5.74) is 4.18. The van der Waals surface area contributed by atoms with Gasteiger partial charge in [0.2, 0.25) is 0 Å². The summed E-state index contributed by atoms with van der Waals surface area (Å²) in [6, 6.07) is 9.71. The van der Waals surface area contributed by atoms with Crippen LogP contribution in [0.15, 0.2) is 36.5 Å². The Hall–Kier alpha value is -2.60. The molecule has 1 N–H and O–H groups in total. The van der Waals surface area contributed by atoms with Gasteiger partial charge in [-0.3, -0.25) is 14.2 Å². The van der Waals surface area contributed by atoms with Crippen molar-refractivity contribution in [3.63, 3.8) is 0 Å². The average Bonchev–Trinajstić information content (AvgIpc) is 3.01. The van der Waals surface area contributed by atoms with E-state index in [1.807, 2.05) is 48.9 Å². The van der Waals surface area contributed by atoms with Crippen LogP contribution in [-0.4, -0.2) is 25.5 Å². The van der Waals surface area contributed by atoms with E-state index < -0.39 is 0 Å². The Morgan fingerprint density at radius 3 is 2.71 bits per heavy atom. The third-order valence-corrected chi connectivity index (χ3v) is 4.01. The molecule has 0 unspecified atom stereocenters. The molecule has 124 valence electrons. The molecule has 0 atom stereocenters. The van der Waals surface area contributed by atoms with Gasteiger partial charge in [0, 0.05) is 18.4 Å². The maximum Gasteiger partial charge on any atom is 0.275 e. The van der Waals surface area contributed by atoms with Crippen LogP contribution in [0.3, 0.4) is 0 Å². The predicted molar refractivity (Wildman–Crippen MR) is 93.4 cm³/mol. The lowest BCUT2D eigenvalue weighted by atomic mass is 10.2. The molecule has 0 aliphatic rings. The standard InChI is InChI=1S/C17H18ClN5O/c1-11-7-12(2)23(21-11)10-13-5-4-6-14(8-13)20-17(24)16-15(18)9-19-22(16)3/h4-9H,10H2,1-3H3,(H,20,24). The molecule has 3 rings (SSSR count). The van der Waals surface area contributed by atoms with Gasteiger partial charge in [-0.15, -0.1) is 0 Å². The second-order valence-electron chi connectivity index (χ2n) is 5.70. The number of anilines is 1. The second-order valence-corrected chi connectivity index (χ2v) is 6.11. The van der Waals surface area contributed by atoms with Gasteiger partial charge in [-0.1, -0.05) is 23.7 Å². The smallest absolute Gasteiger partial charge is 0.275 e. The fraction of sp³-hybridized carbons (Fsp3) is 0.235. The molecule has 7 heteroatoms. The molecule has 0 spiro atoms. The minimum absolute atomic E-state index is 0.289. The maximum absolute atomic E-state index is 12.4. The van der Waals surface area contributed by atoms with Crippen molar-refractivity contribution >= 4 is 23.2 Å². The first-order valence-electron chi connectivity index (χ1n) is 7.53. The summed E-state index contributed by atoms with van der Waals surface area (Å²) < 4.78 is 3.39. The van der Waals surface area contributed by atoms with E-state index in [1.165, 1.54) is 10.9 Å². The van der Waals surface area contributed by atoms with Gasteiger partial charge in [-0.2, -0.15) is 10.2 Å². The van der Waals surface area contributed by atoms with Crippen LogP contribution in [0, 0.1) is 13.8 Å². The van der Waals surface area contributed by atoms with E-state index in [9.17, 15) is 4.79 Å². The number of halogens is 1. The normalized spacial score (nSPS) is 10.8. The lowest BCUT2D eigenvalue weighted by Gasteiger charge is -2.09. The van der Waals surface area contributed by atoms with Crippen LogP contribution in [0.2, 0.25) is 5.02 Å². The summed E-state index contributed by atoms with van der Waals surface area (Å²) in [6.45, 7) is 4.64. The van der Waals surface area contributed by atoms with Crippen LogP contribution >= 0.6 is 11.6 Å². The summed E-state index contributed by atoms with van der Waals surface area (Å²) in [6.07, 6.45) is 1.45. The van der Waals surface area contributed by atoms with Crippen molar-refractivity contribution in [2.45, 2.75) is 20.4 Å². The molecule has 6 nitrogen and oxygen atoms in total. The Bertz CT molecular complexity index is 877. The predicted octanol–water partition coefficient (Wildman–Crippen LogP) is 3.19. The third kappa shape index (κ3) is 3.33. The van der Waals surface area contributed by atoms with Crippen molar-refractivity contribution in [2.24, 2.45) is 7.05 Å². The Morgan fingerprint density at radius 2 is 2.08 bits per heavy atom. The lowest BCUT2D eigenvalue weighted by Crippen LogP contribution is -2.16. The summed E-state index contributed by atoms with van der Waals surface area (Å²) in [4.78, 5) is 12.4. The Balaban J connectivity index is 1.78. The molecule has 2 aromatic heterocycles. The van der Waals surface area contributed by atoms with E-state index in [4.69, 9.17) is 11.6 Å². The number of aryl methyl sites for hydroxylation is 3. The van der Waals surface area contributed by atoms with E-state index in [1.54, 1.807) is 7.05 Å². The number of carbonyl (C=O) groups is 1. The van der Waals surface area contributed by atoms with Gasteiger partial charge in [0.15, 0.2) is 0 Å². The van der Waals surface area contributed by atoms with Crippen molar-refractivity contribution in [1.29, 1.82) is 0 Å². The molecule has 0 fully saturated rings. The van der Waals surface area contributed by atoms with Crippen LogP contribution in [-0.2, 0) is 13.6 Å². The van der Waals surface area contributed by atoms with E-state index in [0.29, 0.717) is 22.9 Å². The first-order valence-corrected chi connectivity index (χ1v) is 7.90. The van der Waals surface area contributed by atoms with Crippen LogP contribution < -0.4 is 5.32 Å². The number of nitrogens with zero attached hydrogens (tertiary/aromatic N) is 4. The van der Waals surface area contributed by atoms with E-state index >= 15 is 0 Å². The molecule has 3 aromatic rings. The Morgan fingerprint density at radius 1 is 1.29 bits per heavy atom. The Kier molecular flexibility index (Phi) is 4.40. The molecule has 0 radical (unpaired) electrons. The third-order valence-electron chi connectivity index (χ3n) is 3.73. The van der Waals surface area contributed by atoms with Gasteiger partial charge in [0.1, 0.15) is 5.69 Å². The minimum atomic E-state index is -0.289. The number of benzene rings is 1. The first-order chi connectivity index (χ1) is 11.4. The summed E-state index contributed by atoms with van der Waals surface area (Å²) in [7, 11) is 1.68. The number of rotatable bonds is 4. The highest BCUT2D eigenvalue weighted by atomic mass is 35.5. The number of nitrogens with one attached hydrogen (secondary N) is 1. The zero-order valence-electron chi connectivity index (χ0n) is 13.7. The van der Waals surface area contributed by atoms with Gasteiger partial charge in [0.05, 0.1) is 23.5 Å². The number of amides is 1. The second kappa shape index (κ2) is 6.49. The van der Waals surface area contributed by atoms with Crippen molar-refractivity contribution in [3.8, 4) is 0 Å². The van der Waals surface area contributed by atoms with E-state index in [0.717, 1.165) is 17.0 Å². The van der Waals surface area contributed by atoms with E-state index in [-0.39, 0.29) is 5.91 Å². The quantitative estimate of drug-likeness (QED) is 0.791.